The Balaban J connectivity index is 0. The quantitative estimate of drug-likeness (QED) is 0.0534. The van der Waals surface area contributed by atoms with Crippen LogP contribution in [0.4, 0.5) is 72.7 Å². The highest BCUT2D eigenvalue weighted by Gasteiger charge is 2.35. The average Bonchev–Trinajstić information content (AvgIpc) is 3.12. The number of urea groups is 1. The molecule has 0 saturated heterocycles. The number of Topliss-reactive ketones (excluding diaryl/α,β-unsaturated/α-hetero) is 1. The third-order valence-corrected chi connectivity index (χ3v) is 7.42. The van der Waals surface area contributed by atoms with Gasteiger partial charge in [-0.25, -0.2) is 4.79 Å². The van der Waals surface area contributed by atoms with Crippen molar-refractivity contribution >= 4 is 81.0 Å². The van der Waals surface area contributed by atoms with E-state index in [1.54, 1.807) is 24.3 Å². The number of ketones is 1. The van der Waals surface area contributed by atoms with Crippen LogP contribution in [0.3, 0.4) is 0 Å². The van der Waals surface area contributed by atoms with E-state index < -0.39 is 57.2 Å². The van der Waals surface area contributed by atoms with Crippen molar-refractivity contribution in [2.24, 2.45) is 0 Å². The molecular formula is C41H43Cl3F9N5O5. The maximum absolute atomic E-state index is 12.7. The molecule has 0 saturated carbocycles. The Bertz CT molecular complexity index is 2200. The van der Waals surface area contributed by atoms with Crippen molar-refractivity contribution in [3.8, 4) is 11.5 Å². The second-order valence-electron chi connectivity index (χ2n) is 11.9. The SMILES string of the molecule is C.C.CC(=O)Nc1ccc(Cl)c(C(F)(F)F)c1.CC(C)=O.Nc1ccc(Cl)c(C(F)(F)F)c1.Nc1ccc(O)cc1.O=C(Nc1ccc(O)cc1)Nc1ccc(Cl)c(C(F)(F)F)c1. The number of halogens is 12. The van der Waals surface area contributed by atoms with Gasteiger partial charge in [0.1, 0.15) is 17.3 Å². The number of nitrogens with two attached hydrogens (primary N) is 2. The van der Waals surface area contributed by atoms with Gasteiger partial charge in [0, 0.05) is 35.4 Å². The second kappa shape index (κ2) is 26.4. The number of aromatic hydroxyl groups is 2. The molecule has 63 heavy (non-hydrogen) atoms. The number of phenolic OH excluding ortho intramolecular Hbond substituents is 2. The average molecular weight is 963 g/mol. The number of nitrogen functional groups attached to an aromatic ring is 2. The van der Waals surface area contributed by atoms with E-state index in [9.17, 15) is 53.9 Å². The van der Waals surface area contributed by atoms with Crippen LogP contribution in [-0.2, 0) is 28.1 Å². The van der Waals surface area contributed by atoms with E-state index in [1.165, 1.54) is 63.2 Å². The lowest BCUT2D eigenvalue weighted by atomic mass is 10.2. The van der Waals surface area contributed by atoms with Crippen LogP contribution in [0.25, 0.3) is 0 Å². The predicted octanol–water partition coefficient (Wildman–Crippen LogP) is 13.8. The van der Waals surface area contributed by atoms with Gasteiger partial charge in [0.2, 0.25) is 5.91 Å². The van der Waals surface area contributed by atoms with Gasteiger partial charge < -0.3 is 42.4 Å². The van der Waals surface area contributed by atoms with E-state index in [1.807, 2.05) is 0 Å². The molecule has 0 aliphatic heterocycles. The van der Waals surface area contributed by atoms with Crippen molar-refractivity contribution in [2.75, 3.05) is 27.4 Å². The van der Waals surface area contributed by atoms with E-state index in [0.717, 1.165) is 36.4 Å². The molecule has 0 fully saturated rings. The number of carbonyl (C=O) groups is 3. The Morgan fingerprint density at radius 2 is 0.762 bits per heavy atom. The number of benzene rings is 5. The Morgan fingerprint density at radius 3 is 1.10 bits per heavy atom. The molecule has 10 nitrogen and oxygen atoms in total. The van der Waals surface area contributed by atoms with Crippen LogP contribution >= 0.6 is 34.8 Å². The first-order valence-electron chi connectivity index (χ1n) is 16.5. The number of amides is 3. The smallest absolute Gasteiger partial charge is 0.417 e. The van der Waals surface area contributed by atoms with Crippen molar-refractivity contribution < 1.29 is 64.1 Å². The Morgan fingerprint density at radius 1 is 0.476 bits per heavy atom. The molecule has 5 aromatic rings. The molecule has 9 N–H and O–H groups in total. The van der Waals surface area contributed by atoms with Crippen LogP contribution in [0.1, 0.15) is 52.3 Å². The second-order valence-corrected chi connectivity index (χ2v) is 13.2. The fourth-order valence-electron chi connectivity index (χ4n) is 3.92. The summed E-state index contributed by atoms with van der Waals surface area (Å²) in [5.74, 6) is 0.00289. The van der Waals surface area contributed by atoms with Crippen LogP contribution in [0.5, 0.6) is 11.5 Å². The summed E-state index contributed by atoms with van der Waals surface area (Å²) >= 11 is 16.2. The van der Waals surface area contributed by atoms with Gasteiger partial charge in [-0.3, -0.25) is 4.79 Å². The molecular weight excluding hydrogens is 920 g/mol. The molecule has 0 aliphatic rings. The van der Waals surface area contributed by atoms with E-state index in [2.05, 4.69) is 16.0 Å². The van der Waals surface area contributed by atoms with Crippen molar-refractivity contribution in [3.63, 3.8) is 0 Å². The molecule has 22 heteroatoms. The first-order chi connectivity index (χ1) is 28.0. The highest BCUT2D eigenvalue weighted by atomic mass is 35.5. The molecule has 346 valence electrons. The zero-order valence-corrected chi connectivity index (χ0v) is 33.9. The molecule has 0 radical (unpaired) electrons. The Hall–Kier alpha value is -6.05. The molecule has 5 rings (SSSR count). The maximum atomic E-state index is 12.7. The largest absolute Gasteiger partial charge is 0.508 e. The summed E-state index contributed by atoms with van der Waals surface area (Å²) in [5.41, 5.74) is 8.70. The van der Waals surface area contributed by atoms with Gasteiger partial charge in [0.25, 0.3) is 0 Å². The molecule has 0 atom stereocenters. The lowest BCUT2D eigenvalue weighted by molar-refractivity contribution is -0.138. The van der Waals surface area contributed by atoms with Crippen LogP contribution in [0, 0.1) is 0 Å². The fraction of sp³-hybridized carbons (Fsp3) is 0.195. The molecule has 0 heterocycles. The van der Waals surface area contributed by atoms with Gasteiger partial charge in [-0.05, 0) is 117 Å². The van der Waals surface area contributed by atoms with Gasteiger partial charge in [-0.2, -0.15) is 39.5 Å². The summed E-state index contributed by atoms with van der Waals surface area (Å²) in [7, 11) is 0. The highest BCUT2D eigenvalue weighted by Crippen LogP contribution is 2.38. The van der Waals surface area contributed by atoms with Crippen LogP contribution in [-0.4, -0.2) is 27.9 Å². The first-order valence-corrected chi connectivity index (χ1v) is 17.6. The minimum atomic E-state index is -4.61. The van der Waals surface area contributed by atoms with Gasteiger partial charge in [-0.1, -0.05) is 49.7 Å². The van der Waals surface area contributed by atoms with Crippen molar-refractivity contribution in [3.05, 3.63) is 135 Å². The Labute approximate surface area is 372 Å². The number of carbonyl (C=O) groups excluding carboxylic acids is 3. The van der Waals surface area contributed by atoms with Gasteiger partial charge in [0.15, 0.2) is 0 Å². The number of rotatable bonds is 3. The summed E-state index contributed by atoms with van der Waals surface area (Å²) in [5, 5.41) is 23.6. The topological polar surface area (TPSA) is 180 Å². The van der Waals surface area contributed by atoms with E-state index in [0.29, 0.717) is 11.4 Å². The maximum Gasteiger partial charge on any atom is 0.417 e. The zero-order valence-electron chi connectivity index (χ0n) is 31.6. The van der Waals surface area contributed by atoms with Crippen LogP contribution in [0.15, 0.2) is 103 Å². The lowest BCUT2D eigenvalue weighted by Crippen LogP contribution is -2.19. The zero-order chi connectivity index (χ0) is 46.9. The molecule has 0 unspecified atom stereocenters. The number of alkyl halides is 9. The summed E-state index contributed by atoms with van der Waals surface area (Å²) in [6.07, 6.45) is -13.6. The summed E-state index contributed by atoms with van der Waals surface area (Å²) < 4.78 is 112. The van der Waals surface area contributed by atoms with Crippen LogP contribution in [0.2, 0.25) is 15.1 Å². The molecule has 3 amide bonds. The molecule has 0 spiro atoms. The third-order valence-electron chi connectivity index (χ3n) is 6.44. The predicted molar refractivity (Wildman–Crippen MR) is 231 cm³/mol. The summed E-state index contributed by atoms with van der Waals surface area (Å²) in [4.78, 5) is 31.8. The standard InChI is InChI=1S/C14H10ClF3N2O2.C9H7ClF3NO.C7H5ClF3N.C6H7NO.C3H6O.2CH4/c15-12-6-3-9(7-11(12)14(16,17)18)20-13(22)19-8-1-4-10(21)5-2-8;1-5(15)14-6-2-3-8(10)7(4-6)9(11,12)13;8-6-2-1-4(12)3-5(6)7(9,10)11;7-5-1-3-6(8)4-2-5;1-3(2)4;;/h1-7,21H,(H2,19,20,22);2-4H,1H3,(H,14,15);1-3H,12H2;1-4,8H,7H2;1-2H3;2*1H4. The van der Waals surface area contributed by atoms with E-state index in [4.69, 9.17) is 56.5 Å². The molecule has 0 bridgehead atoms. The Kier molecular flexibility index (Phi) is 24.8. The number of phenols is 2. The van der Waals surface area contributed by atoms with Crippen molar-refractivity contribution in [2.45, 2.75) is 54.2 Å². The summed E-state index contributed by atoms with van der Waals surface area (Å²) in [6.45, 7) is 4.27. The minimum Gasteiger partial charge on any atom is -0.508 e. The fourth-order valence-corrected chi connectivity index (χ4v) is 4.59. The molecule has 0 aliphatic carbocycles. The monoisotopic (exact) mass is 961 g/mol. The number of hydrogen-bond acceptors (Lipinski definition) is 7. The first kappa shape index (κ1) is 59.0. The highest BCUT2D eigenvalue weighted by molar-refractivity contribution is 6.32. The normalized spacial score (nSPS) is 10.3. The van der Waals surface area contributed by atoms with E-state index >= 15 is 0 Å². The van der Waals surface area contributed by atoms with Crippen molar-refractivity contribution in [1.82, 2.24) is 0 Å². The van der Waals surface area contributed by atoms with Gasteiger partial charge in [-0.15, -0.1) is 0 Å². The third kappa shape index (κ3) is 23.7. The van der Waals surface area contributed by atoms with Crippen LogP contribution < -0.4 is 27.4 Å². The number of anilines is 5. The van der Waals surface area contributed by atoms with E-state index in [-0.39, 0.29) is 54.2 Å². The number of hydrogen-bond donors (Lipinski definition) is 7. The minimum absolute atomic E-state index is 0. The van der Waals surface area contributed by atoms with Gasteiger partial charge >= 0.3 is 24.6 Å². The molecule has 5 aromatic carbocycles. The number of nitrogens with one attached hydrogen (secondary N) is 3. The van der Waals surface area contributed by atoms with Gasteiger partial charge in [0.05, 0.1) is 31.8 Å². The summed E-state index contributed by atoms with van der Waals surface area (Å²) in [6, 6.07) is 20.8. The molecule has 0 aromatic heterocycles. The lowest BCUT2D eigenvalue weighted by Gasteiger charge is -2.12. The van der Waals surface area contributed by atoms with Crippen molar-refractivity contribution in [1.29, 1.82) is 0 Å².